The quantitative estimate of drug-likeness (QED) is 0.597. The summed E-state index contributed by atoms with van der Waals surface area (Å²) in [4.78, 5) is 36.6. The second-order valence-corrected chi connectivity index (χ2v) is 5.98. The van der Waals surface area contributed by atoms with E-state index >= 15 is 0 Å². The molecule has 0 saturated carbocycles. The molecule has 0 spiro atoms. The van der Waals surface area contributed by atoms with Crippen LogP contribution in [0.2, 0.25) is 0 Å². The van der Waals surface area contributed by atoms with Crippen molar-refractivity contribution in [3.63, 3.8) is 0 Å². The molecular weight excluding hydrogens is 286 g/mol. The molecule has 3 unspecified atom stereocenters. The van der Waals surface area contributed by atoms with Gasteiger partial charge in [0.1, 0.15) is 12.6 Å². The molecule has 0 aromatic carbocycles. The summed E-state index contributed by atoms with van der Waals surface area (Å²) in [6.45, 7) is 2.55. The largest absolute Gasteiger partial charge is 0.369 e. The highest BCUT2D eigenvalue weighted by Crippen LogP contribution is 2.15. The third kappa shape index (κ3) is 6.11. The van der Waals surface area contributed by atoms with Gasteiger partial charge in [0, 0.05) is 18.9 Å². The molecule has 3 atom stereocenters. The number of nitrogens with two attached hydrogens (primary N) is 1. The fourth-order valence-corrected chi connectivity index (χ4v) is 2.21. The molecule has 2 amide bonds. The average Bonchev–Trinajstić information content (AvgIpc) is 2.77. The SMILES string of the molecule is CC(CC[CH]C(=O)NC1C(=O)COC1CCN(C)C)C(N)=O. The first kappa shape index (κ1) is 18.6. The topological polar surface area (TPSA) is 102 Å². The third-order valence-electron chi connectivity index (χ3n) is 3.73. The molecular formula is C15H26N3O4. The van der Waals surface area contributed by atoms with Crippen molar-refractivity contribution in [1.29, 1.82) is 0 Å². The van der Waals surface area contributed by atoms with Gasteiger partial charge in [0.15, 0.2) is 5.78 Å². The van der Waals surface area contributed by atoms with Gasteiger partial charge >= 0.3 is 0 Å². The highest BCUT2D eigenvalue weighted by Gasteiger charge is 2.36. The predicted molar refractivity (Wildman–Crippen MR) is 81.7 cm³/mol. The molecule has 1 heterocycles. The van der Waals surface area contributed by atoms with Crippen LogP contribution in [-0.2, 0) is 19.1 Å². The number of rotatable bonds is 9. The van der Waals surface area contributed by atoms with Gasteiger partial charge in [0.25, 0.3) is 0 Å². The Bertz CT molecular complexity index is 412. The Morgan fingerprint density at radius 2 is 2.18 bits per heavy atom. The Kier molecular flexibility index (Phi) is 7.47. The molecule has 1 rings (SSSR count). The molecule has 0 aromatic heterocycles. The minimum atomic E-state index is -0.586. The summed E-state index contributed by atoms with van der Waals surface area (Å²) in [5, 5.41) is 2.70. The Morgan fingerprint density at radius 3 is 2.77 bits per heavy atom. The van der Waals surface area contributed by atoms with E-state index in [-0.39, 0.29) is 36.2 Å². The van der Waals surface area contributed by atoms with Crippen LogP contribution in [0.25, 0.3) is 0 Å². The molecule has 1 aliphatic rings. The van der Waals surface area contributed by atoms with Gasteiger partial charge < -0.3 is 20.7 Å². The van der Waals surface area contributed by atoms with Crippen LogP contribution in [0.5, 0.6) is 0 Å². The lowest BCUT2D eigenvalue weighted by atomic mass is 10.0. The molecule has 0 aromatic rings. The molecule has 3 N–H and O–H groups in total. The van der Waals surface area contributed by atoms with Gasteiger partial charge in [-0.25, -0.2) is 0 Å². The molecule has 1 saturated heterocycles. The minimum absolute atomic E-state index is 0.0434. The average molecular weight is 312 g/mol. The fourth-order valence-electron chi connectivity index (χ4n) is 2.21. The van der Waals surface area contributed by atoms with Crippen LogP contribution >= 0.6 is 0 Å². The maximum atomic E-state index is 11.9. The number of carbonyl (C=O) groups excluding carboxylic acids is 3. The summed E-state index contributed by atoms with van der Waals surface area (Å²) < 4.78 is 5.44. The Labute approximate surface area is 131 Å². The van der Waals surface area contributed by atoms with E-state index in [0.717, 1.165) is 6.54 Å². The summed E-state index contributed by atoms with van der Waals surface area (Å²) in [6.07, 6.45) is 2.81. The predicted octanol–water partition coefficient (Wildman–Crippen LogP) is -0.503. The maximum absolute atomic E-state index is 11.9. The molecule has 1 fully saturated rings. The molecule has 1 aliphatic heterocycles. The second kappa shape index (κ2) is 8.85. The van der Waals surface area contributed by atoms with Crippen molar-refractivity contribution in [2.75, 3.05) is 27.2 Å². The van der Waals surface area contributed by atoms with Crippen molar-refractivity contribution in [2.45, 2.75) is 38.3 Å². The number of ketones is 1. The zero-order valence-electron chi connectivity index (χ0n) is 13.5. The lowest BCUT2D eigenvalue weighted by molar-refractivity contribution is -0.124. The van der Waals surface area contributed by atoms with Gasteiger partial charge in [0.05, 0.1) is 6.10 Å². The van der Waals surface area contributed by atoms with Gasteiger partial charge in [-0.15, -0.1) is 0 Å². The number of nitrogens with one attached hydrogen (secondary N) is 1. The van der Waals surface area contributed by atoms with Gasteiger partial charge in [-0.3, -0.25) is 14.4 Å². The molecule has 7 nitrogen and oxygen atoms in total. The van der Waals surface area contributed by atoms with E-state index in [2.05, 4.69) is 5.32 Å². The van der Waals surface area contributed by atoms with Gasteiger partial charge in [-0.2, -0.15) is 0 Å². The van der Waals surface area contributed by atoms with Crippen LogP contribution in [0.1, 0.15) is 26.2 Å². The van der Waals surface area contributed by atoms with Crippen molar-refractivity contribution in [2.24, 2.45) is 11.7 Å². The monoisotopic (exact) mass is 312 g/mol. The van der Waals surface area contributed by atoms with Crippen LogP contribution in [0.4, 0.5) is 0 Å². The van der Waals surface area contributed by atoms with E-state index < -0.39 is 6.04 Å². The Morgan fingerprint density at radius 1 is 1.50 bits per heavy atom. The first-order valence-electron chi connectivity index (χ1n) is 7.53. The summed E-state index contributed by atoms with van der Waals surface area (Å²) >= 11 is 0. The number of hydrogen-bond acceptors (Lipinski definition) is 5. The molecule has 0 aliphatic carbocycles. The normalized spacial score (nSPS) is 22.8. The highest BCUT2D eigenvalue weighted by atomic mass is 16.5. The minimum Gasteiger partial charge on any atom is -0.369 e. The van der Waals surface area contributed by atoms with E-state index in [1.165, 1.54) is 6.42 Å². The molecule has 7 heteroatoms. The van der Waals surface area contributed by atoms with Gasteiger partial charge in [-0.1, -0.05) is 6.92 Å². The van der Waals surface area contributed by atoms with E-state index in [0.29, 0.717) is 19.3 Å². The standard InChI is InChI=1S/C15H26N3O4/c1-10(15(16)21)5-4-6-13(20)17-14-11(19)9-22-12(14)7-8-18(2)3/h6,10,12,14H,4-5,7-9H2,1-3H3,(H2,16,21)(H,17,20). The first-order valence-corrected chi connectivity index (χ1v) is 7.53. The summed E-state index contributed by atoms with van der Waals surface area (Å²) in [6, 6.07) is -0.586. The maximum Gasteiger partial charge on any atom is 0.224 e. The summed E-state index contributed by atoms with van der Waals surface area (Å²) in [5.74, 6) is -1.06. The Balaban J connectivity index is 2.37. The number of hydrogen-bond donors (Lipinski definition) is 2. The zero-order chi connectivity index (χ0) is 16.7. The third-order valence-corrected chi connectivity index (χ3v) is 3.73. The Hall–Kier alpha value is -1.47. The van der Waals surface area contributed by atoms with Crippen molar-refractivity contribution in [1.82, 2.24) is 10.2 Å². The number of ether oxygens (including phenoxy) is 1. The van der Waals surface area contributed by atoms with Crippen molar-refractivity contribution >= 4 is 17.6 Å². The molecule has 1 radical (unpaired) electrons. The zero-order valence-corrected chi connectivity index (χ0v) is 13.5. The van der Waals surface area contributed by atoms with Crippen LogP contribution < -0.4 is 11.1 Å². The highest BCUT2D eigenvalue weighted by molar-refractivity contribution is 5.94. The lowest BCUT2D eigenvalue weighted by Crippen LogP contribution is -2.45. The first-order chi connectivity index (χ1) is 10.3. The van der Waals surface area contributed by atoms with E-state index in [4.69, 9.17) is 10.5 Å². The van der Waals surface area contributed by atoms with E-state index in [1.807, 2.05) is 19.0 Å². The van der Waals surface area contributed by atoms with Crippen LogP contribution in [-0.4, -0.2) is 61.9 Å². The van der Waals surface area contributed by atoms with Crippen LogP contribution in [0.15, 0.2) is 0 Å². The summed E-state index contributed by atoms with van der Waals surface area (Å²) in [5.41, 5.74) is 5.16. The smallest absolute Gasteiger partial charge is 0.224 e. The number of primary amides is 1. The fraction of sp³-hybridized carbons (Fsp3) is 0.733. The number of carbonyl (C=O) groups is 3. The van der Waals surface area contributed by atoms with E-state index in [1.54, 1.807) is 6.92 Å². The van der Waals surface area contributed by atoms with Crippen molar-refractivity contribution < 1.29 is 19.1 Å². The van der Waals surface area contributed by atoms with Crippen molar-refractivity contribution in [3.05, 3.63) is 6.42 Å². The number of nitrogens with zero attached hydrogens (tertiary/aromatic N) is 1. The summed E-state index contributed by atoms with van der Waals surface area (Å²) in [7, 11) is 3.89. The van der Waals surface area contributed by atoms with Crippen molar-refractivity contribution in [3.8, 4) is 0 Å². The molecule has 0 bridgehead atoms. The van der Waals surface area contributed by atoms with Crippen LogP contribution in [0.3, 0.4) is 0 Å². The van der Waals surface area contributed by atoms with Gasteiger partial charge in [0.2, 0.25) is 11.8 Å². The van der Waals surface area contributed by atoms with Gasteiger partial charge in [-0.05, 0) is 33.4 Å². The number of amides is 2. The number of Topliss-reactive ketones (excluding diaryl/α,β-unsaturated/α-hetero) is 1. The van der Waals surface area contributed by atoms with E-state index in [9.17, 15) is 14.4 Å². The van der Waals surface area contributed by atoms with Crippen LogP contribution in [0, 0.1) is 12.3 Å². The molecule has 125 valence electrons. The molecule has 22 heavy (non-hydrogen) atoms. The second-order valence-electron chi connectivity index (χ2n) is 5.98. The lowest BCUT2D eigenvalue weighted by Gasteiger charge is -2.20.